The maximum absolute atomic E-state index is 13.2. The number of aromatic nitrogens is 2. The van der Waals surface area contributed by atoms with E-state index in [4.69, 9.17) is 0 Å². The zero-order valence-electron chi connectivity index (χ0n) is 12.7. The average molecular weight is 330 g/mol. The van der Waals surface area contributed by atoms with Crippen LogP contribution in [0, 0.1) is 12.7 Å². The predicted octanol–water partition coefficient (Wildman–Crippen LogP) is 3.39. The molecule has 0 saturated heterocycles. The van der Waals surface area contributed by atoms with Gasteiger partial charge >= 0.3 is 5.69 Å². The maximum Gasteiger partial charge on any atom is 0.329 e. The van der Waals surface area contributed by atoms with Gasteiger partial charge in [-0.15, -0.1) is 11.3 Å². The second-order valence-corrected chi connectivity index (χ2v) is 6.22. The third-order valence-corrected chi connectivity index (χ3v) is 4.87. The van der Waals surface area contributed by atoms with Crippen molar-refractivity contribution in [3.63, 3.8) is 0 Å². The summed E-state index contributed by atoms with van der Waals surface area (Å²) in [6.45, 7) is 3.94. The summed E-state index contributed by atoms with van der Waals surface area (Å²) in [7, 11) is 0. The fraction of sp³-hybridized carbons (Fsp3) is 0.176. The fourth-order valence-corrected chi connectivity index (χ4v) is 3.59. The van der Waals surface area contributed by atoms with E-state index in [9.17, 15) is 14.0 Å². The Morgan fingerprint density at radius 2 is 2.09 bits per heavy atom. The van der Waals surface area contributed by atoms with Gasteiger partial charge < -0.3 is 0 Å². The molecule has 1 N–H and O–H groups in total. The molecule has 0 amide bonds. The second kappa shape index (κ2) is 5.96. The van der Waals surface area contributed by atoms with Crippen LogP contribution in [0.5, 0.6) is 0 Å². The molecule has 6 heteroatoms. The Morgan fingerprint density at radius 3 is 2.78 bits per heavy atom. The van der Waals surface area contributed by atoms with E-state index in [0.717, 1.165) is 16.0 Å². The first-order chi connectivity index (χ1) is 11.0. The molecule has 0 radical (unpaired) electrons. The molecule has 4 nitrogen and oxygen atoms in total. The van der Waals surface area contributed by atoms with Crippen molar-refractivity contribution < 1.29 is 4.39 Å². The van der Waals surface area contributed by atoms with Gasteiger partial charge in [-0.05, 0) is 43.2 Å². The van der Waals surface area contributed by atoms with E-state index < -0.39 is 5.69 Å². The number of nitrogens with one attached hydrogen (secondary N) is 1. The van der Waals surface area contributed by atoms with Crippen molar-refractivity contribution in [2.45, 2.75) is 20.4 Å². The van der Waals surface area contributed by atoms with Crippen LogP contribution < -0.4 is 11.2 Å². The monoisotopic (exact) mass is 330 g/mol. The van der Waals surface area contributed by atoms with Crippen molar-refractivity contribution in [2.24, 2.45) is 0 Å². The van der Waals surface area contributed by atoms with Gasteiger partial charge in [0.05, 0.1) is 5.39 Å². The highest BCUT2D eigenvalue weighted by Gasteiger charge is 2.13. The normalized spacial score (nSPS) is 11.6. The molecule has 0 atom stereocenters. The molecule has 3 rings (SSSR count). The molecule has 0 fully saturated rings. The van der Waals surface area contributed by atoms with E-state index in [-0.39, 0.29) is 11.4 Å². The Bertz CT molecular complexity index is 1030. The highest BCUT2D eigenvalue weighted by atomic mass is 32.1. The topological polar surface area (TPSA) is 54.9 Å². The number of fused-ring (bicyclic) bond motifs is 1. The number of hydrogen-bond donors (Lipinski definition) is 1. The molecular weight excluding hydrogens is 315 g/mol. The molecular formula is C17H15FN2O2S. The Balaban J connectivity index is 2.13. The van der Waals surface area contributed by atoms with Gasteiger partial charge in [0.15, 0.2) is 0 Å². The van der Waals surface area contributed by atoms with Crippen LogP contribution in [0.4, 0.5) is 4.39 Å². The van der Waals surface area contributed by atoms with Crippen molar-refractivity contribution in [1.29, 1.82) is 0 Å². The van der Waals surface area contributed by atoms with Crippen LogP contribution >= 0.6 is 11.3 Å². The number of halogens is 1. The highest BCUT2D eigenvalue weighted by Crippen LogP contribution is 2.28. The zero-order chi connectivity index (χ0) is 16.6. The standard InChI is InChI=1S/C17H15FN2O2S/c1-3-20-16(21)14-10(2)13(23-15(14)19-17(20)22)8-7-11-5-4-6-12(18)9-11/h4-9H,3H2,1-2H3,(H,19,22). The Labute approximate surface area is 135 Å². The first-order valence-electron chi connectivity index (χ1n) is 7.21. The number of rotatable bonds is 3. The maximum atomic E-state index is 13.2. The zero-order valence-corrected chi connectivity index (χ0v) is 13.5. The van der Waals surface area contributed by atoms with Gasteiger partial charge in [0, 0.05) is 11.4 Å². The summed E-state index contributed by atoms with van der Waals surface area (Å²) in [6.07, 6.45) is 3.63. The van der Waals surface area contributed by atoms with Gasteiger partial charge in [-0.3, -0.25) is 14.3 Å². The predicted molar refractivity (Wildman–Crippen MR) is 92.4 cm³/mol. The van der Waals surface area contributed by atoms with Crippen molar-refractivity contribution in [3.8, 4) is 0 Å². The molecule has 2 heterocycles. The number of nitrogens with zero attached hydrogens (tertiary/aromatic N) is 1. The lowest BCUT2D eigenvalue weighted by molar-refractivity contribution is 0.627. The molecule has 0 unspecified atom stereocenters. The smallest absolute Gasteiger partial charge is 0.298 e. The van der Waals surface area contributed by atoms with Crippen LogP contribution in [0.25, 0.3) is 22.4 Å². The third-order valence-electron chi connectivity index (χ3n) is 3.70. The first-order valence-corrected chi connectivity index (χ1v) is 8.02. The molecule has 0 bridgehead atoms. The minimum atomic E-state index is -0.396. The number of aromatic amines is 1. The summed E-state index contributed by atoms with van der Waals surface area (Å²) in [4.78, 5) is 28.5. The lowest BCUT2D eigenvalue weighted by atomic mass is 10.1. The molecule has 0 aliphatic carbocycles. The van der Waals surface area contributed by atoms with Crippen molar-refractivity contribution in [1.82, 2.24) is 9.55 Å². The summed E-state index contributed by atoms with van der Waals surface area (Å²) >= 11 is 1.35. The van der Waals surface area contributed by atoms with Crippen molar-refractivity contribution >= 4 is 33.7 Å². The fourth-order valence-electron chi connectivity index (χ4n) is 2.50. The van der Waals surface area contributed by atoms with Crippen molar-refractivity contribution in [2.75, 3.05) is 0 Å². The lowest BCUT2D eigenvalue weighted by Gasteiger charge is -2.00. The van der Waals surface area contributed by atoms with Crippen molar-refractivity contribution in [3.05, 3.63) is 66.9 Å². The Kier molecular flexibility index (Phi) is 4.00. The number of thiophene rings is 1. The van der Waals surface area contributed by atoms with Crippen LogP contribution in [0.3, 0.4) is 0 Å². The van der Waals surface area contributed by atoms with Crippen LogP contribution in [-0.4, -0.2) is 9.55 Å². The Hall–Kier alpha value is -2.47. The summed E-state index contributed by atoms with van der Waals surface area (Å²) in [5.41, 5.74) is 0.889. The average Bonchev–Trinajstić information content (AvgIpc) is 2.82. The van der Waals surface area contributed by atoms with Crippen LogP contribution in [0.1, 0.15) is 22.9 Å². The van der Waals surface area contributed by atoms with E-state index in [0.29, 0.717) is 16.8 Å². The number of aryl methyl sites for hydroxylation is 1. The van der Waals surface area contributed by atoms with Gasteiger partial charge in [-0.1, -0.05) is 18.2 Å². The van der Waals surface area contributed by atoms with E-state index in [1.54, 1.807) is 25.1 Å². The van der Waals surface area contributed by atoms with Gasteiger partial charge in [-0.2, -0.15) is 0 Å². The van der Waals surface area contributed by atoms with E-state index in [2.05, 4.69) is 4.98 Å². The van der Waals surface area contributed by atoms with E-state index in [1.165, 1.54) is 28.0 Å². The molecule has 3 aromatic rings. The quantitative estimate of drug-likeness (QED) is 0.800. The van der Waals surface area contributed by atoms with Crippen LogP contribution in [0.15, 0.2) is 33.9 Å². The van der Waals surface area contributed by atoms with E-state index >= 15 is 0 Å². The molecule has 0 spiro atoms. The number of hydrogen-bond acceptors (Lipinski definition) is 3. The Morgan fingerprint density at radius 1 is 1.30 bits per heavy atom. The van der Waals surface area contributed by atoms with Gasteiger partial charge in [0.25, 0.3) is 5.56 Å². The second-order valence-electron chi connectivity index (χ2n) is 5.16. The van der Waals surface area contributed by atoms with Gasteiger partial charge in [0.2, 0.25) is 0 Å². The van der Waals surface area contributed by atoms with Crippen LogP contribution in [-0.2, 0) is 6.54 Å². The van der Waals surface area contributed by atoms with Gasteiger partial charge in [0.1, 0.15) is 10.6 Å². The van der Waals surface area contributed by atoms with E-state index in [1.807, 2.05) is 13.0 Å². The molecule has 2 aromatic heterocycles. The highest BCUT2D eigenvalue weighted by molar-refractivity contribution is 7.19. The lowest BCUT2D eigenvalue weighted by Crippen LogP contribution is -2.34. The summed E-state index contributed by atoms with van der Waals surface area (Å²) in [5.74, 6) is -0.296. The molecule has 1 aromatic carbocycles. The molecule has 23 heavy (non-hydrogen) atoms. The minimum Gasteiger partial charge on any atom is -0.298 e. The summed E-state index contributed by atoms with van der Waals surface area (Å²) < 4.78 is 14.4. The molecule has 118 valence electrons. The van der Waals surface area contributed by atoms with Crippen LogP contribution in [0.2, 0.25) is 0 Å². The molecule has 0 aliphatic heterocycles. The van der Waals surface area contributed by atoms with Gasteiger partial charge in [-0.25, -0.2) is 9.18 Å². The molecule has 0 aliphatic rings. The molecule has 0 saturated carbocycles. The SMILES string of the molecule is CCn1c(=O)[nH]c2sc(C=Cc3cccc(F)c3)c(C)c2c1=O. The number of benzene rings is 1. The third kappa shape index (κ3) is 2.77. The number of H-pyrrole nitrogens is 1. The first kappa shape index (κ1) is 15.4. The summed E-state index contributed by atoms with van der Waals surface area (Å²) in [6, 6.07) is 6.27. The largest absolute Gasteiger partial charge is 0.329 e. The summed E-state index contributed by atoms with van der Waals surface area (Å²) in [5, 5.41) is 0.537. The minimum absolute atomic E-state index is 0.273.